The highest BCUT2D eigenvalue weighted by Crippen LogP contribution is 2.30. The molecule has 0 saturated carbocycles. The number of aromatic hydroxyl groups is 1. The summed E-state index contributed by atoms with van der Waals surface area (Å²) in [4.78, 5) is 13.2. The zero-order valence-electron chi connectivity index (χ0n) is 16.8. The first-order valence-electron chi connectivity index (χ1n) is 9.42. The summed E-state index contributed by atoms with van der Waals surface area (Å²) >= 11 is 0. The summed E-state index contributed by atoms with van der Waals surface area (Å²) in [5.41, 5.74) is 5.57. The molecule has 0 aliphatic heterocycles. The molecule has 1 amide bonds. The molecule has 0 spiro atoms. The minimum absolute atomic E-state index is 0.0431. The highest BCUT2D eigenvalue weighted by Gasteiger charge is 2.30. The Morgan fingerprint density at radius 1 is 1.20 bits per heavy atom. The molecule has 0 radical (unpaired) electrons. The van der Waals surface area contributed by atoms with Crippen LogP contribution in [-0.4, -0.2) is 42.3 Å². The van der Waals surface area contributed by atoms with Gasteiger partial charge >= 0.3 is 6.18 Å². The van der Waals surface area contributed by atoms with Crippen molar-refractivity contribution in [3.8, 4) is 5.75 Å². The van der Waals surface area contributed by atoms with Crippen molar-refractivity contribution in [2.24, 2.45) is 5.73 Å². The number of carbonyl (C=O) groups is 1. The third-order valence-electron chi connectivity index (χ3n) is 5.01. The average Bonchev–Trinajstić information content (AvgIpc) is 2.69. The Hall–Kier alpha value is -2.78. The van der Waals surface area contributed by atoms with E-state index in [4.69, 9.17) is 5.73 Å². The SMILES string of the molecule is CC(CCNCC(O)c1ccc(O)c(C(N)=O)c1)N(C)c1ccc(C(F)(F)F)cc1. The number of amides is 1. The fourth-order valence-corrected chi connectivity index (χ4v) is 2.96. The minimum atomic E-state index is -4.36. The second kappa shape index (κ2) is 9.82. The number of nitrogens with zero attached hydrogens (tertiary/aromatic N) is 1. The van der Waals surface area contributed by atoms with E-state index in [0.717, 1.165) is 12.1 Å². The fraction of sp³-hybridized carbons (Fsp3) is 0.381. The minimum Gasteiger partial charge on any atom is -0.507 e. The zero-order valence-corrected chi connectivity index (χ0v) is 16.8. The van der Waals surface area contributed by atoms with Crippen molar-refractivity contribution in [2.75, 3.05) is 25.0 Å². The number of rotatable bonds is 9. The Morgan fingerprint density at radius 3 is 2.40 bits per heavy atom. The van der Waals surface area contributed by atoms with Gasteiger partial charge in [-0.05, 0) is 61.9 Å². The van der Waals surface area contributed by atoms with Crippen LogP contribution in [0.25, 0.3) is 0 Å². The Bertz CT molecular complexity index is 857. The van der Waals surface area contributed by atoms with Gasteiger partial charge in [0, 0.05) is 25.3 Å². The molecule has 2 rings (SSSR count). The van der Waals surface area contributed by atoms with Crippen molar-refractivity contribution >= 4 is 11.6 Å². The summed E-state index contributed by atoms with van der Waals surface area (Å²) in [6.45, 7) is 2.73. The third kappa shape index (κ3) is 6.11. The molecule has 164 valence electrons. The van der Waals surface area contributed by atoms with Crippen LogP contribution in [0.3, 0.4) is 0 Å². The summed E-state index contributed by atoms with van der Waals surface area (Å²) in [6, 6.07) is 9.22. The number of hydrogen-bond acceptors (Lipinski definition) is 5. The van der Waals surface area contributed by atoms with Gasteiger partial charge < -0.3 is 26.2 Å². The van der Waals surface area contributed by atoms with Crippen LogP contribution in [0.5, 0.6) is 5.75 Å². The van der Waals surface area contributed by atoms with Crippen molar-refractivity contribution in [3.63, 3.8) is 0 Å². The molecule has 0 saturated heterocycles. The number of aliphatic hydroxyl groups is 1. The maximum Gasteiger partial charge on any atom is 0.416 e. The molecule has 5 N–H and O–H groups in total. The summed E-state index contributed by atoms with van der Waals surface area (Å²) in [5, 5.41) is 23.0. The molecule has 0 aliphatic rings. The molecule has 0 aromatic heterocycles. The van der Waals surface area contributed by atoms with E-state index in [0.29, 0.717) is 24.2 Å². The van der Waals surface area contributed by atoms with Gasteiger partial charge in [-0.2, -0.15) is 13.2 Å². The number of benzene rings is 2. The van der Waals surface area contributed by atoms with Crippen molar-refractivity contribution in [1.29, 1.82) is 0 Å². The lowest BCUT2D eigenvalue weighted by Crippen LogP contribution is -2.33. The Morgan fingerprint density at radius 2 is 1.83 bits per heavy atom. The van der Waals surface area contributed by atoms with Gasteiger partial charge in [0.1, 0.15) is 5.75 Å². The van der Waals surface area contributed by atoms with E-state index in [1.807, 2.05) is 18.9 Å². The summed E-state index contributed by atoms with van der Waals surface area (Å²) in [6.07, 6.45) is -4.57. The molecular formula is C21H26F3N3O3. The van der Waals surface area contributed by atoms with E-state index in [1.54, 1.807) is 0 Å². The second-order valence-electron chi connectivity index (χ2n) is 7.15. The van der Waals surface area contributed by atoms with Crippen LogP contribution in [0.2, 0.25) is 0 Å². The van der Waals surface area contributed by atoms with E-state index in [-0.39, 0.29) is 23.9 Å². The number of alkyl halides is 3. The molecule has 0 heterocycles. The lowest BCUT2D eigenvalue weighted by Gasteiger charge is -2.27. The first-order chi connectivity index (χ1) is 14.0. The number of carbonyl (C=O) groups excluding carboxylic acids is 1. The van der Waals surface area contributed by atoms with Gasteiger partial charge in [0.25, 0.3) is 5.91 Å². The van der Waals surface area contributed by atoms with Gasteiger partial charge in [0.05, 0.1) is 17.2 Å². The quantitative estimate of drug-likeness (QED) is 0.463. The number of aliphatic hydroxyl groups excluding tert-OH is 1. The van der Waals surface area contributed by atoms with Gasteiger partial charge in [-0.25, -0.2) is 0 Å². The lowest BCUT2D eigenvalue weighted by atomic mass is 10.0. The molecule has 0 fully saturated rings. The van der Waals surface area contributed by atoms with Crippen molar-refractivity contribution in [2.45, 2.75) is 31.7 Å². The van der Waals surface area contributed by atoms with Crippen molar-refractivity contribution < 1.29 is 28.2 Å². The van der Waals surface area contributed by atoms with Crippen LogP contribution in [0, 0.1) is 0 Å². The maximum absolute atomic E-state index is 12.7. The Labute approximate surface area is 173 Å². The first kappa shape index (κ1) is 23.5. The molecule has 2 aromatic carbocycles. The summed E-state index contributed by atoms with van der Waals surface area (Å²) in [7, 11) is 1.81. The Kier molecular flexibility index (Phi) is 7.69. The number of phenols is 1. The second-order valence-corrected chi connectivity index (χ2v) is 7.15. The predicted molar refractivity (Wildman–Crippen MR) is 108 cm³/mol. The van der Waals surface area contributed by atoms with Crippen molar-refractivity contribution in [3.05, 3.63) is 59.2 Å². The van der Waals surface area contributed by atoms with Crippen LogP contribution in [0.15, 0.2) is 42.5 Å². The van der Waals surface area contributed by atoms with Gasteiger partial charge in [-0.1, -0.05) is 6.07 Å². The monoisotopic (exact) mass is 425 g/mol. The molecular weight excluding hydrogens is 399 g/mol. The summed E-state index contributed by atoms with van der Waals surface area (Å²) < 4.78 is 38.0. The number of primary amides is 1. The van der Waals surface area contributed by atoms with Gasteiger partial charge in [-0.3, -0.25) is 4.79 Å². The largest absolute Gasteiger partial charge is 0.507 e. The molecule has 0 aliphatic carbocycles. The molecule has 6 nitrogen and oxygen atoms in total. The lowest BCUT2D eigenvalue weighted by molar-refractivity contribution is -0.137. The topological polar surface area (TPSA) is 98.8 Å². The molecule has 30 heavy (non-hydrogen) atoms. The average molecular weight is 425 g/mol. The molecule has 2 aromatic rings. The van der Waals surface area contributed by atoms with Gasteiger partial charge in [0.2, 0.25) is 0 Å². The predicted octanol–water partition coefficient (Wildman–Crippen LogP) is 3.05. The molecule has 2 unspecified atom stereocenters. The number of hydrogen-bond donors (Lipinski definition) is 4. The first-order valence-corrected chi connectivity index (χ1v) is 9.42. The van der Waals surface area contributed by atoms with Gasteiger partial charge in [-0.15, -0.1) is 0 Å². The van der Waals surface area contributed by atoms with Crippen LogP contribution in [0.1, 0.15) is 40.9 Å². The van der Waals surface area contributed by atoms with E-state index >= 15 is 0 Å². The molecule has 9 heteroatoms. The molecule has 2 atom stereocenters. The summed E-state index contributed by atoms with van der Waals surface area (Å²) in [5.74, 6) is -1.03. The van der Waals surface area contributed by atoms with Crippen LogP contribution >= 0.6 is 0 Å². The van der Waals surface area contributed by atoms with E-state index in [2.05, 4.69) is 5.32 Å². The third-order valence-corrected chi connectivity index (χ3v) is 5.01. The van der Waals surface area contributed by atoms with Crippen LogP contribution in [0.4, 0.5) is 18.9 Å². The number of halogens is 3. The maximum atomic E-state index is 12.7. The van der Waals surface area contributed by atoms with E-state index in [9.17, 15) is 28.2 Å². The zero-order chi connectivity index (χ0) is 22.5. The number of anilines is 1. The number of nitrogens with two attached hydrogens (primary N) is 1. The standard InChI is InChI=1S/C21H26F3N3O3/c1-13(27(2)16-6-4-15(5-7-16)21(22,23)24)9-10-26-12-19(29)14-3-8-18(28)17(11-14)20(25)30/h3-8,11,13,19,26,28-29H,9-10,12H2,1-2H3,(H2,25,30). The number of nitrogens with one attached hydrogen (secondary N) is 1. The normalized spacial score (nSPS) is 13.7. The fourth-order valence-electron chi connectivity index (χ4n) is 2.96. The van der Waals surface area contributed by atoms with Crippen LogP contribution < -0.4 is 16.0 Å². The van der Waals surface area contributed by atoms with Crippen molar-refractivity contribution in [1.82, 2.24) is 5.32 Å². The molecule has 0 bridgehead atoms. The van der Waals surface area contributed by atoms with Crippen LogP contribution in [-0.2, 0) is 6.18 Å². The van der Waals surface area contributed by atoms with E-state index in [1.165, 1.54) is 30.3 Å². The smallest absolute Gasteiger partial charge is 0.416 e. The van der Waals surface area contributed by atoms with Gasteiger partial charge in [0.15, 0.2) is 0 Å². The highest BCUT2D eigenvalue weighted by molar-refractivity contribution is 5.95. The van der Waals surface area contributed by atoms with E-state index < -0.39 is 23.8 Å². The Balaban J connectivity index is 1.83. The highest BCUT2D eigenvalue weighted by atomic mass is 19.4.